The standard InChI is InChI=1S/C12H12ClN3O/c1-16-5-4-10(12(16)17)15-11-6-9(13)3-2-8(11)7-14/h2-3,6,10,15H,4-5H2,1H3. The van der Waals surface area contributed by atoms with Crippen molar-refractivity contribution in [1.29, 1.82) is 5.26 Å². The number of nitrogens with one attached hydrogen (secondary N) is 1. The first-order valence-corrected chi connectivity index (χ1v) is 5.71. The fourth-order valence-electron chi connectivity index (χ4n) is 1.88. The summed E-state index contributed by atoms with van der Waals surface area (Å²) in [5.74, 6) is 0.0499. The molecule has 1 aliphatic heterocycles. The van der Waals surface area contributed by atoms with E-state index in [0.717, 1.165) is 13.0 Å². The lowest BCUT2D eigenvalue weighted by atomic mass is 10.1. The molecule has 4 nitrogen and oxygen atoms in total. The van der Waals surface area contributed by atoms with Crippen LogP contribution in [0.1, 0.15) is 12.0 Å². The largest absolute Gasteiger partial charge is 0.373 e. The Balaban J connectivity index is 2.22. The van der Waals surface area contributed by atoms with Crippen LogP contribution in [0, 0.1) is 11.3 Å². The summed E-state index contributed by atoms with van der Waals surface area (Å²) in [6, 6.07) is 6.80. The van der Waals surface area contributed by atoms with Crippen molar-refractivity contribution >= 4 is 23.2 Å². The maximum Gasteiger partial charge on any atom is 0.244 e. The number of carbonyl (C=O) groups is 1. The SMILES string of the molecule is CN1CCC(Nc2cc(Cl)ccc2C#N)C1=O. The molecule has 0 aromatic heterocycles. The minimum Gasteiger partial charge on any atom is -0.373 e. The molecular formula is C12H12ClN3O. The highest BCUT2D eigenvalue weighted by Gasteiger charge is 2.29. The summed E-state index contributed by atoms with van der Waals surface area (Å²) < 4.78 is 0. The van der Waals surface area contributed by atoms with Crippen LogP contribution in [-0.4, -0.2) is 30.4 Å². The lowest BCUT2D eigenvalue weighted by Gasteiger charge is -2.14. The van der Waals surface area contributed by atoms with E-state index in [1.165, 1.54) is 0 Å². The number of halogens is 1. The van der Waals surface area contributed by atoms with Gasteiger partial charge in [-0.05, 0) is 24.6 Å². The van der Waals surface area contributed by atoms with Gasteiger partial charge < -0.3 is 10.2 Å². The van der Waals surface area contributed by atoms with Crippen LogP contribution in [0.25, 0.3) is 0 Å². The van der Waals surface area contributed by atoms with Crippen LogP contribution in [-0.2, 0) is 4.79 Å². The Morgan fingerprint density at radius 3 is 2.94 bits per heavy atom. The third-order valence-corrected chi connectivity index (χ3v) is 3.09. The molecule has 1 amide bonds. The first-order valence-electron chi connectivity index (χ1n) is 5.33. The first kappa shape index (κ1) is 11.7. The maximum absolute atomic E-state index is 11.7. The lowest BCUT2D eigenvalue weighted by molar-refractivity contribution is -0.127. The zero-order valence-corrected chi connectivity index (χ0v) is 10.2. The highest BCUT2D eigenvalue weighted by Crippen LogP contribution is 2.23. The summed E-state index contributed by atoms with van der Waals surface area (Å²) in [6.07, 6.45) is 0.743. The number of anilines is 1. The Morgan fingerprint density at radius 1 is 1.59 bits per heavy atom. The number of likely N-dealkylation sites (N-methyl/N-ethyl adjacent to an activating group) is 1. The van der Waals surface area contributed by atoms with Crippen molar-refractivity contribution in [1.82, 2.24) is 4.90 Å². The third-order valence-electron chi connectivity index (χ3n) is 2.86. The number of hydrogen-bond donors (Lipinski definition) is 1. The van der Waals surface area contributed by atoms with E-state index in [9.17, 15) is 4.79 Å². The average Bonchev–Trinajstić information content (AvgIpc) is 2.61. The predicted octanol–water partition coefficient (Wildman–Crippen LogP) is 1.85. The van der Waals surface area contributed by atoms with Crippen LogP contribution in [0.2, 0.25) is 5.02 Å². The molecule has 17 heavy (non-hydrogen) atoms. The van der Waals surface area contributed by atoms with Crippen molar-refractivity contribution in [2.45, 2.75) is 12.5 Å². The van der Waals surface area contributed by atoms with Crippen molar-refractivity contribution in [2.75, 3.05) is 18.9 Å². The van der Waals surface area contributed by atoms with Crippen LogP contribution >= 0.6 is 11.6 Å². The van der Waals surface area contributed by atoms with Gasteiger partial charge in [-0.15, -0.1) is 0 Å². The number of likely N-dealkylation sites (tertiary alicyclic amines) is 1. The Morgan fingerprint density at radius 2 is 2.35 bits per heavy atom. The molecular weight excluding hydrogens is 238 g/mol. The van der Waals surface area contributed by atoms with Gasteiger partial charge in [0.15, 0.2) is 0 Å². The van der Waals surface area contributed by atoms with Gasteiger partial charge in [-0.25, -0.2) is 0 Å². The van der Waals surface area contributed by atoms with Crippen LogP contribution < -0.4 is 5.32 Å². The smallest absolute Gasteiger partial charge is 0.244 e. The summed E-state index contributed by atoms with van der Waals surface area (Å²) in [5, 5.41) is 12.6. The van der Waals surface area contributed by atoms with E-state index < -0.39 is 0 Å². The zero-order chi connectivity index (χ0) is 12.4. The fraction of sp³-hybridized carbons (Fsp3) is 0.333. The van der Waals surface area contributed by atoms with E-state index in [1.54, 1.807) is 30.1 Å². The molecule has 1 aromatic carbocycles. The van der Waals surface area contributed by atoms with Gasteiger partial charge in [-0.2, -0.15) is 5.26 Å². The summed E-state index contributed by atoms with van der Waals surface area (Å²) in [7, 11) is 1.77. The molecule has 0 aliphatic carbocycles. The van der Waals surface area contributed by atoms with Gasteiger partial charge in [-0.1, -0.05) is 11.6 Å². The monoisotopic (exact) mass is 249 g/mol. The molecule has 1 heterocycles. The van der Waals surface area contributed by atoms with Gasteiger partial charge >= 0.3 is 0 Å². The zero-order valence-electron chi connectivity index (χ0n) is 9.40. The molecule has 5 heteroatoms. The summed E-state index contributed by atoms with van der Waals surface area (Å²) in [4.78, 5) is 13.4. The third kappa shape index (κ3) is 2.34. The Labute approximate surface area is 105 Å². The second-order valence-electron chi connectivity index (χ2n) is 4.05. The Hall–Kier alpha value is -1.73. The van der Waals surface area contributed by atoms with Gasteiger partial charge in [-0.3, -0.25) is 4.79 Å². The van der Waals surface area contributed by atoms with Gasteiger partial charge in [0.2, 0.25) is 5.91 Å². The lowest BCUT2D eigenvalue weighted by Crippen LogP contribution is -2.31. The predicted molar refractivity (Wildman–Crippen MR) is 65.8 cm³/mol. The second-order valence-corrected chi connectivity index (χ2v) is 4.48. The van der Waals surface area contributed by atoms with Crippen molar-refractivity contribution < 1.29 is 4.79 Å². The Kier molecular flexibility index (Phi) is 3.21. The molecule has 88 valence electrons. The number of amides is 1. The molecule has 1 saturated heterocycles. The molecule has 2 rings (SSSR count). The second kappa shape index (κ2) is 4.64. The quantitative estimate of drug-likeness (QED) is 0.870. The number of carbonyl (C=O) groups excluding carboxylic acids is 1. The minimum absolute atomic E-state index is 0.0499. The molecule has 1 fully saturated rings. The van der Waals surface area contributed by atoms with E-state index in [0.29, 0.717) is 16.3 Å². The number of nitriles is 1. The van der Waals surface area contributed by atoms with Gasteiger partial charge in [0.25, 0.3) is 0 Å². The van der Waals surface area contributed by atoms with Crippen LogP contribution in [0.4, 0.5) is 5.69 Å². The van der Waals surface area contributed by atoms with Crippen LogP contribution in [0.3, 0.4) is 0 Å². The van der Waals surface area contributed by atoms with Gasteiger partial charge in [0.05, 0.1) is 11.3 Å². The topological polar surface area (TPSA) is 56.1 Å². The summed E-state index contributed by atoms with van der Waals surface area (Å²) >= 11 is 5.88. The number of benzene rings is 1. The molecule has 0 saturated carbocycles. The van der Waals surface area contributed by atoms with Crippen molar-refractivity contribution in [3.63, 3.8) is 0 Å². The number of hydrogen-bond acceptors (Lipinski definition) is 3. The van der Waals surface area contributed by atoms with E-state index in [-0.39, 0.29) is 11.9 Å². The fourth-order valence-corrected chi connectivity index (χ4v) is 2.05. The van der Waals surface area contributed by atoms with Crippen LogP contribution in [0.5, 0.6) is 0 Å². The van der Waals surface area contributed by atoms with Crippen molar-refractivity contribution in [3.05, 3.63) is 28.8 Å². The molecule has 0 spiro atoms. The van der Waals surface area contributed by atoms with E-state index in [2.05, 4.69) is 11.4 Å². The molecule has 1 aliphatic rings. The maximum atomic E-state index is 11.7. The highest BCUT2D eigenvalue weighted by molar-refractivity contribution is 6.30. The van der Waals surface area contributed by atoms with E-state index >= 15 is 0 Å². The van der Waals surface area contributed by atoms with Crippen molar-refractivity contribution in [3.8, 4) is 6.07 Å². The minimum atomic E-state index is -0.259. The molecule has 1 aromatic rings. The van der Waals surface area contributed by atoms with Crippen LogP contribution in [0.15, 0.2) is 18.2 Å². The van der Waals surface area contributed by atoms with Crippen molar-refractivity contribution in [2.24, 2.45) is 0 Å². The first-order chi connectivity index (χ1) is 8.11. The normalized spacial score (nSPS) is 19.2. The molecule has 0 radical (unpaired) electrons. The van der Waals surface area contributed by atoms with Gasteiger partial charge in [0.1, 0.15) is 12.1 Å². The number of nitrogens with zero attached hydrogens (tertiary/aromatic N) is 2. The van der Waals surface area contributed by atoms with E-state index in [1.807, 2.05) is 0 Å². The van der Waals surface area contributed by atoms with E-state index in [4.69, 9.17) is 16.9 Å². The average molecular weight is 250 g/mol. The Bertz CT molecular complexity index is 495. The van der Waals surface area contributed by atoms with Gasteiger partial charge in [0, 0.05) is 18.6 Å². The summed E-state index contributed by atoms with van der Waals surface area (Å²) in [5.41, 5.74) is 1.12. The molecule has 0 bridgehead atoms. The molecule has 1 N–H and O–H groups in total. The molecule has 1 unspecified atom stereocenters. The molecule has 1 atom stereocenters. The number of rotatable bonds is 2. The highest BCUT2D eigenvalue weighted by atomic mass is 35.5. The summed E-state index contributed by atoms with van der Waals surface area (Å²) in [6.45, 7) is 0.735.